The van der Waals surface area contributed by atoms with Gasteiger partial charge in [-0.15, -0.1) is 0 Å². The molecule has 0 aromatic heterocycles. The molecule has 3 aromatic carbocycles. The number of benzene rings is 3. The van der Waals surface area contributed by atoms with E-state index in [1.165, 1.54) is 4.90 Å². The van der Waals surface area contributed by atoms with E-state index in [0.29, 0.717) is 27.4 Å². The van der Waals surface area contributed by atoms with E-state index in [0.717, 1.165) is 11.1 Å². The Morgan fingerprint density at radius 1 is 0.815 bits per heavy atom. The highest BCUT2D eigenvalue weighted by molar-refractivity contribution is 6.43. The Morgan fingerprint density at radius 2 is 1.52 bits per heavy atom. The quantitative estimate of drug-likeness (QED) is 0.447. The van der Waals surface area contributed by atoms with Gasteiger partial charge in [0.2, 0.25) is 0 Å². The number of halogens is 1. The summed E-state index contributed by atoms with van der Waals surface area (Å²) in [6, 6.07) is 21.8. The molecule has 27 heavy (non-hydrogen) atoms. The average molecular weight is 374 g/mol. The zero-order chi connectivity index (χ0) is 19.0. The lowest BCUT2D eigenvalue weighted by molar-refractivity contribution is -0.112. The molecule has 1 aliphatic rings. The summed E-state index contributed by atoms with van der Waals surface area (Å²) in [5.74, 6) is -0.679. The summed E-state index contributed by atoms with van der Waals surface area (Å²) in [6.07, 6.45) is 1.75. The van der Waals surface area contributed by atoms with Crippen LogP contribution in [0.5, 0.6) is 0 Å². The monoisotopic (exact) mass is 373 g/mol. The second-order valence-electron chi connectivity index (χ2n) is 6.41. The van der Waals surface area contributed by atoms with Crippen LogP contribution in [0.2, 0.25) is 5.02 Å². The van der Waals surface area contributed by atoms with Gasteiger partial charge in [0, 0.05) is 16.2 Å². The maximum atomic E-state index is 13.3. The van der Waals surface area contributed by atoms with Gasteiger partial charge in [-0.3, -0.25) is 9.59 Å². The minimum absolute atomic E-state index is 0.322. The Hall–Kier alpha value is -3.17. The van der Waals surface area contributed by atoms with Crippen molar-refractivity contribution >= 4 is 40.8 Å². The Morgan fingerprint density at radius 3 is 2.26 bits per heavy atom. The van der Waals surface area contributed by atoms with Gasteiger partial charge in [-0.1, -0.05) is 60.1 Å². The van der Waals surface area contributed by atoms with Crippen molar-refractivity contribution in [3.63, 3.8) is 0 Å². The van der Waals surface area contributed by atoms with Gasteiger partial charge >= 0.3 is 0 Å². The number of hydrogen-bond acceptors (Lipinski definition) is 2. The lowest BCUT2D eigenvalue weighted by atomic mass is 9.91. The number of hydrogen-bond donors (Lipinski definition) is 0. The summed E-state index contributed by atoms with van der Waals surface area (Å²) in [7, 11) is 0. The minimum Gasteiger partial charge on any atom is -0.268 e. The van der Waals surface area contributed by atoms with Crippen molar-refractivity contribution < 1.29 is 9.59 Å². The van der Waals surface area contributed by atoms with Crippen molar-refractivity contribution in [2.45, 2.75) is 6.92 Å². The molecule has 0 radical (unpaired) electrons. The molecule has 0 saturated heterocycles. The summed E-state index contributed by atoms with van der Waals surface area (Å²) in [4.78, 5) is 27.6. The molecule has 0 fully saturated rings. The Balaban J connectivity index is 1.93. The maximum absolute atomic E-state index is 13.3. The number of carbonyl (C=O) groups is 2. The van der Waals surface area contributed by atoms with E-state index in [4.69, 9.17) is 11.6 Å². The molecule has 0 atom stereocenters. The molecule has 0 aliphatic carbocycles. The number of aryl methyl sites for hydroxylation is 1. The Labute approximate surface area is 162 Å². The van der Waals surface area contributed by atoms with Crippen molar-refractivity contribution in [3.8, 4) is 0 Å². The van der Waals surface area contributed by atoms with Gasteiger partial charge in [-0.2, -0.15) is 0 Å². The summed E-state index contributed by atoms with van der Waals surface area (Å²) in [5.41, 5.74) is 3.83. The first-order chi connectivity index (χ1) is 13.1. The van der Waals surface area contributed by atoms with Gasteiger partial charge in [0.25, 0.3) is 11.8 Å². The van der Waals surface area contributed by atoms with E-state index in [1.54, 1.807) is 36.4 Å². The van der Waals surface area contributed by atoms with Crippen LogP contribution in [-0.2, 0) is 4.79 Å². The zero-order valence-corrected chi connectivity index (χ0v) is 15.4. The molecule has 3 nitrogen and oxygen atoms in total. The zero-order valence-electron chi connectivity index (χ0n) is 14.6. The lowest BCUT2D eigenvalue weighted by Crippen LogP contribution is -2.41. The number of fused-ring (bicyclic) bond motifs is 1. The van der Waals surface area contributed by atoms with Crippen LogP contribution in [0.25, 0.3) is 11.6 Å². The van der Waals surface area contributed by atoms with Crippen LogP contribution < -0.4 is 4.90 Å². The molecule has 4 heteroatoms. The van der Waals surface area contributed by atoms with E-state index < -0.39 is 0 Å². The molecule has 4 rings (SSSR count). The number of imide groups is 1. The van der Waals surface area contributed by atoms with Crippen LogP contribution in [0.1, 0.15) is 27.0 Å². The van der Waals surface area contributed by atoms with Crippen LogP contribution in [0.4, 0.5) is 5.69 Å². The molecule has 1 aliphatic heterocycles. The molecule has 1 heterocycles. The molecule has 132 valence electrons. The summed E-state index contributed by atoms with van der Waals surface area (Å²) >= 11 is 6.28. The first-order valence-electron chi connectivity index (χ1n) is 8.57. The molecule has 0 bridgehead atoms. The van der Waals surface area contributed by atoms with E-state index >= 15 is 0 Å². The van der Waals surface area contributed by atoms with E-state index in [9.17, 15) is 9.59 Å². The lowest BCUT2D eigenvalue weighted by Gasteiger charge is -2.29. The number of anilines is 1. The number of amides is 2. The molecular weight excluding hydrogens is 358 g/mol. The van der Waals surface area contributed by atoms with Gasteiger partial charge < -0.3 is 0 Å². The predicted octanol–water partition coefficient (Wildman–Crippen LogP) is 5.38. The summed E-state index contributed by atoms with van der Waals surface area (Å²) in [5, 5.41) is 0.550. The molecule has 0 spiro atoms. The average Bonchev–Trinajstić information content (AvgIpc) is 2.67. The fourth-order valence-corrected chi connectivity index (χ4v) is 3.43. The molecular formula is C23H16ClNO2. The fraction of sp³-hybridized carbons (Fsp3) is 0.0435. The smallest absolute Gasteiger partial charge is 0.265 e. The van der Waals surface area contributed by atoms with Crippen molar-refractivity contribution in [3.05, 3.63) is 100 Å². The van der Waals surface area contributed by atoms with Crippen LogP contribution in [-0.4, -0.2) is 11.8 Å². The third-order valence-corrected chi connectivity index (χ3v) is 4.89. The van der Waals surface area contributed by atoms with Crippen molar-refractivity contribution in [1.82, 2.24) is 0 Å². The third-order valence-electron chi connectivity index (χ3n) is 4.55. The maximum Gasteiger partial charge on any atom is 0.265 e. The largest absolute Gasteiger partial charge is 0.268 e. The minimum atomic E-state index is -0.357. The van der Waals surface area contributed by atoms with Gasteiger partial charge in [0.15, 0.2) is 0 Å². The highest BCUT2D eigenvalue weighted by Crippen LogP contribution is 2.34. The Bertz CT molecular complexity index is 1100. The van der Waals surface area contributed by atoms with Crippen LogP contribution >= 0.6 is 11.6 Å². The fourth-order valence-electron chi connectivity index (χ4n) is 3.24. The van der Waals surface area contributed by atoms with E-state index in [-0.39, 0.29) is 11.8 Å². The normalized spacial score (nSPS) is 15.2. The molecule has 0 N–H and O–H groups in total. The third kappa shape index (κ3) is 3.07. The summed E-state index contributed by atoms with van der Waals surface area (Å²) in [6.45, 7) is 1.93. The predicted molar refractivity (Wildman–Crippen MR) is 109 cm³/mol. The van der Waals surface area contributed by atoms with Gasteiger partial charge in [0.1, 0.15) is 0 Å². The second-order valence-corrected chi connectivity index (χ2v) is 6.82. The molecule has 3 aromatic rings. The SMILES string of the molecule is Cc1cccc(N2C(=O)C(=Cc3ccccc3Cl)c3ccccc3C2=O)c1. The molecule has 0 saturated carbocycles. The standard InChI is InChI=1S/C23H16ClNO2/c1-15-7-6-9-17(13-15)25-22(26)19-11-4-3-10-18(19)20(23(25)27)14-16-8-2-5-12-21(16)24/h2-14H,1H3. The molecule has 2 amide bonds. The van der Waals surface area contributed by atoms with Gasteiger partial charge in [0.05, 0.1) is 5.69 Å². The highest BCUT2D eigenvalue weighted by Gasteiger charge is 2.35. The first-order valence-corrected chi connectivity index (χ1v) is 8.95. The summed E-state index contributed by atoms with van der Waals surface area (Å²) < 4.78 is 0. The molecule has 0 unspecified atom stereocenters. The highest BCUT2D eigenvalue weighted by atomic mass is 35.5. The number of carbonyl (C=O) groups excluding carboxylic acids is 2. The van der Waals surface area contributed by atoms with Gasteiger partial charge in [-0.05, 0) is 54.0 Å². The van der Waals surface area contributed by atoms with E-state index in [1.807, 2.05) is 49.4 Å². The van der Waals surface area contributed by atoms with E-state index in [2.05, 4.69) is 0 Å². The number of nitrogens with zero attached hydrogens (tertiary/aromatic N) is 1. The Kier molecular flexibility index (Phi) is 4.38. The van der Waals surface area contributed by atoms with Crippen LogP contribution in [0, 0.1) is 6.92 Å². The first kappa shape index (κ1) is 17.3. The van der Waals surface area contributed by atoms with Crippen LogP contribution in [0.3, 0.4) is 0 Å². The van der Waals surface area contributed by atoms with Crippen molar-refractivity contribution in [2.24, 2.45) is 0 Å². The van der Waals surface area contributed by atoms with Crippen molar-refractivity contribution in [1.29, 1.82) is 0 Å². The topological polar surface area (TPSA) is 37.4 Å². The van der Waals surface area contributed by atoms with Crippen molar-refractivity contribution in [2.75, 3.05) is 4.90 Å². The van der Waals surface area contributed by atoms with Crippen LogP contribution in [0.15, 0.2) is 72.8 Å². The van der Waals surface area contributed by atoms with Gasteiger partial charge in [-0.25, -0.2) is 4.90 Å². The number of rotatable bonds is 2. The second kappa shape index (κ2) is 6.86.